The van der Waals surface area contributed by atoms with E-state index in [1.165, 1.54) is 29.2 Å². The van der Waals surface area contributed by atoms with E-state index in [2.05, 4.69) is 15.0 Å². The van der Waals surface area contributed by atoms with Crippen LogP contribution in [0.1, 0.15) is 11.1 Å². The minimum absolute atomic E-state index is 0.0227. The van der Waals surface area contributed by atoms with Gasteiger partial charge in [0.15, 0.2) is 5.65 Å². The Hall–Kier alpha value is -3.68. The number of hydrogen-bond donors (Lipinski definition) is 0. The predicted molar refractivity (Wildman–Crippen MR) is 110 cm³/mol. The lowest BCUT2D eigenvalue weighted by molar-refractivity contribution is 0.446. The number of pyridine rings is 1. The molecule has 3 heterocycles. The van der Waals surface area contributed by atoms with Crippen molar-refractivity contribution >= 4 is 22.9 Å². The molecule has 8 heteroatoms. The summed E-state index contributed by atoms with van der Waals surface area (Å²) in [6, 6.07) is 5.86. The molecule has 0 bridgehead atoms. The van der Waals surface area contributed by atoms with Crippen LogP contribution in [0.2, 0.25) is 0 Å². The molecule has 1 aliphatic carbocycles. The molecule has 2 aliphatic rings. The Balaban J connectivity index is 1.49. The second-order valence-corrected chi connectivity index (χ2v) is 7.36. The third kappa shape index (κ3) is 3.01. The van der Waals surface area contributed by atoms with Gasteiger partial charge in [0, 0.05) is 18.8 Å². The highest BCUT2D eigenvalue weighted by Crippen LogP contribution is 2.29. The summed E-state index contributed by atoms with van der Waals surface area (Å²) in [6.07, 6.45) is 10.3. The normalized spacial score (nSPS) is 20.0. The van der Waals surface area contributed by atoms with E-state index >= 15 is 0 Å². The zero-order valence-electron chi connectivity index (χ0n) is 16.0. The van der Waals surface area contributed by atoms with Gasteiger partial charge in [-0.05, 0) is 35.4 Å². The monoisotopic (exact) mass is 405 g/mol. The summed E-state index contributed by atoms with van der Waals surface area (Å²) < 4.78 is 30.9. The molecule has 5 rings (SSSR count). The number of aliphatic imine (C=N–C) groups is 1. The Morgan fingerprint density at radius 2 is 1.97 bits per heavy atom. The summed E-state index contributed by atoms with van der Waals surface area (Å²) in [7, 11) is 1.91. The Labute approximate surface area is 170 Å². The molecule has 0 N–H and O–H groups in total. The first-order valence-corrected chi connectivity index (χ1v) is 9.45. The first kappa shape index (κ1) is 18.4. The molecule has 2 atom stereocenters. The van der Waals surface area contributed by atoms with Crippen LogP contribution in [0.25, 0.3) is 16.6 Å². The summed E-state index contributed by atoms with van der Waals surface area (Å²) in [5.41, 5.74) is 0.880. The number of fused-ring (bicyclic) bond motifs is 2. The van der Waals surface area contributed by atoms with Gasteiger partial charge in [-0.1, -0.05) is 18.2 Å². The lowest BCUT2D eigenvalue weighted by Crippen LogP contribution is -2.32. The van der Waals surface area contributed by atoms with Crippen molar-refractivity contribution in [3.8, 4) is 0 Å². The summed E-state index contributed by atoms with van der Waals surface area (Å²) in [6.45, 7) is -0.259. The first-order valence-electron chi connectivity index (χ1n) is 9.45. The Morgan fingerprint density at radius 1 is 1.17 bits per heavy atom. The van der Waals surface area contributed by atoms with Gasteiger partial charge in [0.25, 0.3) is 5.56 Å². The van der Waals surface area contributed by atoms with Gasteiger partial charge in [0.05, 0.1) is 30.4 Å². The van der Waals surface area contributed by atoms with Crippen LogP contribution >= 0.6 is 0 Å². The molecule has 1 aromatic carbocycles. The maximum Gasteiger partial charge on any atom is 0.263 e. The van der Waals surface area contributed by atoms with E-state index in [1.807, 2.05) is 30.2 Å². The maximum atomic E-state index is 14.9. The summed E-state index contributed by atoms with van der Waals surface area (Å²) >= 11 is 0. The van der Waals surface area contributed by atoms with Gasteiger partial charge >= 0.3 is 0 Å². The molecule has 30 heavy (non-hydrogen) atoms. The van der Waals surface area contributed by atoms with Crippen LogP contribution in [0.3, 0.4) is 0 Å². The van der Waals surface area contributed by atoms with Gasteiger partial charge < -0.3 is 4.90 Å². The highest BCUT2D eigenvalue weighted by atomic mass is 19.1. The summed E-state index contributed by atoms with van der Waals surface area (Å²) in [5.74, 6) is -1.42. The fourth-order valence-electron chi connectivity index (χ4n) is 3.80. The highest BCUT2D eigenvalue weighted by Gasteiger charge is 2.27. The van der Waals surface area contributed by atoms with Crippen LogP contribution in [-0.4, -0.2) is 44.9 Å². The number of likely N-dealkylation sites (N-methyl/N-ethyl adjacent to an activating group) is 1. The summed E-state index contributed by atoms with van der Waals surface area (Å²) in [4.78, 5) is 27.1. The van der Waals surface area contributed by atoms with Crippen LogP contribution in [0.5, 0.6) is 0 Å². The molecular formula is C22H17F2N5O. The fraction of sp³-hybridized carbons (Fsp3) is 0.182. The van der Waals surface area contributed by atoms with Gasteiger partial charge in [-0.15, -0.1) is 0 Å². The molecule has 0 amide bonds. The number of allylic oxidation sites excluding steroid dienone is 2. The van der Waals surface area contributed by atoms with Crippen molar-refractivity contribution in [3.63, 3.8) is 0 Å². The lowest BCUT2D eigenvalue weighted by atomic mass is 9.93. The van der Waals surface area contributed by atoms with E-state index in [1.54, 1.807) is 18.5 Å². The quantitative estimate of drug-likeness (QED) is 0.672. The third-order valence-electron chi connectivity index (χ3n) is 5.46. The van der Waals surface area contributed by atoms with Gasteiger partial charge in [0.1, 0.15) is 18.0 Å². The highest BCUT2D eigenvalue weighted by molar-refractivity contribution is 5.78. The van der Waals surface area contributed by atoms with Crippen molar-refractivity contribution in [1.29, 1.82) is 0 Å². The molecular weight excluding hydrogens is 388 g/mol. The largest absolute Gasteiger partial charge is 0.357 e. The Kier molecular flexibility index (Phi) is 4.27. The second kappa shape index (κ2) is 6.98. The standard InChI is InChI=1S/C22H17F2N5O/c1-28-11-26-19-5-4-13(9-20(19)28)14-7-17(23)16(18(24)8-14)10-29-12-27-21-15(22(29)30)3-2-6-25-21/h2-9,11-12,19-20H,10H2,1H3. The second-order valence-electron chi connectivity index (χ2n) is 7.36. The number of aromatic nitrogens is 3. The van der Waals surface area contributed by atoms with Crippen LogP contribution in [0, 0.1) is 11.6 Å². The van der Waals surface area contributed by atoms with Crippen LogP contribution < -0.4 is 5.56 Å². The first-order chi connectivity index (χ1) is 14.5. The van der Waals surface area contributed by atoms with E-state index < -0.39 is 17.2 Å². The number of hydrogen-bond acceptors (Lipinski definition) is 5. The van der Waals surface area contributed by atoms with Crippen LogP contribution in [0.4, 0.5) is 8.78 Å². The van der Waals surface area contributed by atoms with Crippen LogP contribution in [-0.2, 0) is 6.54 Å². The van der Waals surface area contributed by atoms with Crippen molar-refractivity contribution < 1.29 is 8.78 Å². The zero-order valence-corrected chi connectivity index (χ0v) is 16.0. The van der Waals surface area contributed by atoms with E-state index in [0.717, 1.165) is 5.57 Å². The lowest BCUT2D eigenvalue weighted by Gasteiger charge is -2.24. The minimum Gasteiger partial charge on any atom is -0.357 e. The van der Waals surface area contributed by atoms with E-state index in [0.29, 0.717) is 16.6 Å². The molecule has 2 unspecified atom stereocenters. The zero-order chi connectivity index (χ0) is 20.8. The summed E-state index contributed by atoms with van der Waals surface area (Å²) in [5, 5.41) is 0.299. The van der Waals surface area contributed by atoms with Crippen molar-refractivity contribution in [1.82, 2.24) is 19.4 Å². The van der Waals surface area contributed by atoms with Gasteiger partial charge in [-0.2, -0.15) is 0 Å². The molecule has 6 nitrogen and oxygen atoms in total. The van der Waals surface area contributed by atoms with Gasteiger partial charge in [-0.3, -0.25) is 14.4 Å². The van der Waals surface area contributed by atoms with E-state index in [-0.39, 0.29) is 24.2 Å². The Morgan fingerprint density at radius 3 is 2.77 bits per heavy atom. The van der Waals surface area contributed by atoms with Gasteiger partial charge in [-0.25, -0.2) is 18.7 Å². The fourth-order valence-corrected chi connectivity index (χ4v) is 3.80. The smallest absolute Gasteiger partial charge is 0.263 e. The average molecular weight is 405 g/mol. The number of nitrogens with zero attached hydrogens (tertiary/aromatic N) is 5. The van der Waals surface area contributed by atoms with Crippen molar-refractivity contribution in [2.75, 3.05) is 7.05 Å². The third-order valence-corrected chi connectivity index (χ3v) is 5.46. The molecule has 2 aromatic heterocycles. The average Bonchev–Trinajstić information content (AvgIpc) is 3.12. The minimum atomic E-state index is -0.712. The van der Waals surface area contributed by atoms with Crippen molar-refractivity contribution in [2.24, 2.45) is 4.99 Å². The van der Waals surface area contributed by atoms with E-state index in [9.17, 15) is 13.6 Å². The Bertz CT molecular complexity index is 1290. The molecule has 0 spiro atoms. The molecule has 3 aromatic rings. The number of halogens is 2. The molecule has 150 valence electrons. The molecule has 1 aliphatic heterocycles. The van der Waals surface area contributed by atoms with Crippen molar-refractivity contribution in [2.45, 2.75) is 18.6 Å². The topological polar surface area (TPSA) is 63.4 Å². The van der Waals surface area contributed by atoms with Crippen molar-refractivity contribution in [3.05, 3.63) is 88.1 Å². The van der Waals surface area contributed by atoms with Gasteiger partial charge in [0.2, 0.25) is 0 Å². The number of rotatable bonds is 3. The van der Waals surface area contributed by atoms with E-state index in [4.69, 9.17) is 0 Å². The molecule has 0 radical (unpaired) electrons. The molecule has 0 fully saturated rings. The number of benzene rings is 1. The predicted octanol–water partition coefficient (Wildman–Crippen LogP) is 2.78. The maximum absolute atomic E-state index is 14.9. The molecule has 0 saturated carbocycles. The van der Waals surface area contributed by atoms with Crippen LogP contribution in [0.15, 0.2) is 64.8 Å². The molecule has 0 saturated heterocycles. The SMILES string of the molecule is CN1C=NC2C=CC(c3cc(F)c(Cn4cnc5ncccc5c4=O)c(F)c3)=CC21.